The minimum Gasteiger partial charge on any atom is -0.311 e. The molecule has 21 heavy (non-hydrogen) atoms. The van der Waals surface area contributed by atoms with Crippen molar-refractivity contribution in [2.24, 2.45) is 0 Å². The van der Waals surface area contributed by atoms with Gasteiger partial charge >= 0.3 is 6.18 Å². The molecule has 0 aliphatic rings. The normalized spacial score (nSPS) is 11.9. The van der Waals surface area contributed by atoms with Gasteiger partial charge in [0.25, 0.3) is 0 Å². The summed E-state index contributed by atoms with van der Waals surface area (Å²) in [5.41, 5.74) is 0.258. The molecule has 1 aromatic carbocycles. The van der Waals surface area contributed by atoms with Crippen LogP contribution in [-0.4, -0.2) is 21.5 Å². The molecule has 0 unspecified atom stereocenters. The molecule has 0 atom stereocenters. The molecule has 0 bridgehead atoms. The maximum Gasteiger partial charge on any atom is 0.416 e. The molecule has 0 saturated heterocycles. The van der Waals surface area contributed by atoms with Crippen LogP contribution in [-0.2, 0) is 12.7 Å². The molecule has 1 N–H and O–H groups in total. The fourth-order valence-corrected chi connectivity index (χ4v) is 2.18. The van der Waals surface area contributed by atoms with E-state index in [0.717, 1.165) is 25.1 Å². The number of nitrogens with zero attached hydrogens (tertiary/aromatic N) is 3. The maximum absolute atomic E-state index is 12.8. The predicted octanol–water partition coefficient (Wildman–Crippen LogP) is 3.55. The minimum atomic E-state index is -4.39. The summed E-state index contributed by atoms with van der Waals surface area (Å²) in [6.45, 7) is 3.42. The average molecular weight is 363 g/mol. The molecule has 0 amide bonds. The summed E-state index contributed by atoms with van der Waals surface area (Å²) < 4.78 is 40.1. The first-order valence-corrected chi connectivity index (χ1v) is 7.20. The fourth-order valence-electron chi connectivity index (χ4n) is 1.75. The molecule has 0 radical (unpaired) electrons. The molecule has 114 valence electrons. The number of alkyl halides is 3. The van der Waals surface area contributed by atoms with Crippen LogP contribution in [0, 0.1) is 0 Å². The molecular weight excluding hydrogens is 349 g/mol. The fraction of sp³-hybridized carbons (Fsp3) is 0.385. The van der Waals surface area contributed by atoms with Crippen LogP contribution in [0.15, 0.2) is 28.9 Å². The van der Waals surface area contributed by atoms with Gasteiger partial charge in [-0.05, 0) is 47.1 Å². The number of benzene rings is 1. The van der Waals surface area contributed by atoms with E-state index in [1.807, 2.05) is 6.92 Å². The quantitative estimate of drug-likeness (QED) is 0.827. The Bertz CT molecular complexity index is 610. The monoisotopic (exact) mass is 362 g/mol. The zero-order valence-corrected chi connectivity index (χ0v) is 12.9. The van der Waals surface area contributed by atoms with Crippen LogP contribution in [0.2, 0.25) is 0 Å². The van der Waals surface area contributed by atoms with Crippen LogP contribution in [0.5, 0.6) is 0 Å². The molecule has 2 aromatic rings. The summed E-state index contributed by atoms with van der Waals surface area (Å²) in [6, 6.07) is 3.42. The molecule has 8 heteroatoms. The van der Waals surface area contributed by atoms with Gasteiger partial charge in [0.05, 0.1) is 23.1 Å². The molecule has 4 nitrogen and oxygen atoms in total. The van der Waals surface area contributed by atoms with Crippen molar-refractivity contribution in [1.82, 2.24) is 20.3 Å². The molecule has 1 aromatic heterocycles. The molecule has 0 saturated carbocycles. The van der Waals surface area contributed by atoms with E-state index >= 15 is 0 Å². The summed E-state index contributed by atoms with van der Waals surface area (Å²) in [6.07, 6.45) is -1.78. The lowest BCUT2D eigenvalue weighted by Gasteiger charge is -2.10. The van der Waals surface area contributed by atoms with Crippen LogP contribution in [0.3, 0.4) is 0 Å². The van der Waals surface area contributed by atoms with Crippen molar-refractivity contribution in [3.8, 4) is 5.69 Å². The highest BCUT2D eigenvalue weighted by atomic mass is 79.9. The number of hydrogen-bond donors (Lipinski definition) is 1. The zero-order chi connectivity index (χ0) is 15.5. The highest BCUT2D eigenvalue weighted by Crippen LogP contribution is 2.33. The first kappa shape index (κ1) is 16.0. The van der Waals surface area contributed by atoms with Crippen LogP contribution in [0.4, 0.5) is 13.2 Å². The van der Waals surface area contributed by atoms with Crippen LogP contribution in [0.25, 0.3) is 5.69 Å². The van der Waals surface area contributed by atoms with Crippen molar-refractivity contribution in [3.05, 3.63) is 40.1 Å². The van der Waals surface area contributed by atoms with E-state index in [1.54, 1.807) is 6.20 Å². The van der Waals surface area contributed by atoms with Gasteiger partial charge in [-0.15, -0.1) is 5.10 Å². The molecular formula is C13H14BrF3N4. The molecule has 2 rings (SSSR count). The molecule has 0 aliphatic carbocycles. The Labute approximate surface area is 128 Å². The predicted molar refractivity (Wildman–Crippen MR) is 76.1 cm³/mol. The second kappa shape index (κ2) is 6.57. The van der Waals surface area contributed by atoms with Crippen LogP contribution in [0.1, 0.15) is 24.6 Å². The summed E-state index contributed by atoms with van der Waals surface area (Å²) in [5, 5.41) is 11.0. The Kier molecular flexibility index (Phi) is 5.00. The summed E-state index contributed by atoms with van der Waals surface area (Å²) in [4.78, 5) is 0. The van der Waals surface area contributed by atoms with Gasteiger partial charge in [0.15, 0.2) is 0 Å². The second-order valence-corrected chi connectivity index (χ2v) is 5.35. The van der Waals surface area contributed by atoms with Gasteiger partial charge in [0.2, 0.25) is 0 Å². The topological polar surface area (TPSA) is 42.7 Å². The first-order chi connectivity index (χ1) is 9.91. The lowest BCUT2D eigenvalue weighted by Crippen LogP contribution is -2.13. The largest absolute Gasteiger partial charge is 0.416 e. The van der Waals surface area contributed by atoms with Gasteiger partial charge in [-0.1, -0.05) is 12.1 Å². The third-order valence-electron chi connectivity index (χ3n) is 2.79. The van der Waals surface area contributed by atoms with Gasteiger partial charge in [-0.3, -0.25) is 0 Å². The Balaban J connectivity index is 2.25. The van der Waals surface area contributed by atoms with Crippen molar-refractivity contribution in [2.75, 3.05) is 6.54 Å². The van der Waals surface area contributed by atoms with Crippen molar-refractivity contribution in [3.63, 3.8) is 0 Å². The smallest absolute Gasteiger partial charge is 0.311 e. The number of nitrogens with one attached hydrogen (secondary N) is 1. The van der Waals surface area contributed by atoms with E-state index in [1.165, 1.54) is 10.7 Å². The Morgan fingerprint density at radius 3 is 2.76 bits per heavy atom. The number of hydrogen-bond acceptors (Lipinski definition) is 3. The zero-order valence-electron chi connectivity index (χ0n) is 11.3. The van der Waals surface area contributed by atoms with E-state index in [2.05, 4.69) is 31.6 Å². The van der Waals surface area contributed by atoms with Gasteiger partial charge in [0, 0.05) is 11.0 Å². The van der Waals surface area contributed by atoms with Crippen LogP contribution < -0.4 is 5.32 Å². The van der Waals surface area contributed by atoms with Crippen molar-refractivity contribution in [2.45, 2.75) is 26.1 Å². The van der Waals surface area contributed by atoms with Crippen molar-refractivity contribution in [1.29, 1.82) is 0 Å². The number of halogens is 4. The van der Waals surface area contributed by atoms with E-state index in [4.69, 9.17) is 0 Å². The van der Waals surface area contributed by atoms with Crippen molar-refractivity contribution >= 4 is 15.9 Å². The van der Waals surface area contributed by atoms with Crippen LogP contribution >= 0.6 is 15.9 Å². The third-order valence-corrected chi connectivity index (χ3v) is 3.46. The van der Waals surface area contributed by atoms with E-state index in [-0.39, 0.29) is 0 Å². The lowest BCUT2D eigenvalue weighted by molar-refractivity contribution is -0.137. The van der Waals surface area contributed by atoms with Gasteiger partial charge in [-0.2, -0.15) is 13.2 Å². The molecule has 0 fully saturated rings. The standard InChI is InChI=1S/C13H14BrF3N4/c1-2-5-18-7-10-8-21(20-19-10)12-6-9(13(15,16)17)3-4-11(12)14/h3-4,6,8,18H,2,5,7H2,1H3. The van der Waals surface area contributed by atoms with Crippen molar-refractivity contribution < 1.29 is 13.2 Å². The van der Waals surface area contributed by atoms with Gasteiger partial charge in [-0.25, -0.2) is 4.68 Å². The molecule has 1 heterocycles. The highest BCUT2D eigenvalue weighted by molar-refractivity contribution is 9.10. The molecule has 0 spiro atoms. The van der Waals surface area contributed by atoms with Gasteiger partial charge < -0.3 is 5.32 Å². The lowest BCUT2D eigenvalue weighted by atomic mass is 10.2. The Hall–Kier alpha value is -1.41. The number of aromatic nitrogens is 3. The van der Waals surface area contributed by atoms with E-state index in [0.29, 0.717) is 22.4 Å². The highest BCUT2D eigenvalue weighted by Gasteiger charge is 2.31. The second-order valence-electron chi connectivity index (χ2n) is 4.50. The van der Waals surface area contributed by atoms with Gasteiger partial charge in [0.1, 0.15) is 0 Å². The summed E-state index contributed by atoms with van der Waals surface area (Å²) in [5.74, 6) is 0. The maximum atomic E-state index is 12.8. The number of rotatable bonds is 5. The Morgan fingerprint density at radius 1 is 1.33 bits per heavy atom. The van der Waals surface area contributed by atoms with E-state index < -0.39 is 11.7 Å². The Morgan fingerprint density at radius 2 is 2.10 bits per heavy atom. The summed E-state index contributed by atoms with van der Waals surface area (Å²) in [7, 11) is 0. The third kappa shape index (κ3) is 4.04. The average Bonchev–Trinajstić information content (AvgIpc) is 2.87. The van der Waals surface area contributed by atoms with E-state index in [9.17, 15) is 13.2 Å². The minimum absolute atomic E-state index is 0.305. The first-order valence-electron chi connectivity index (χ1n) is 6.41. The SMILES string of the molecule is CCCNCc1cn(-c2cc(C(F)(F)F)ccc2Br)nn1. The summed E-state index contributed by atoms with van der Waals surface area (Å²) >= 11 is 3.24. The molecule has 0 aliphatic heterocycles.